The molecule has 1 fully saturated rings. The van der Waals surface area contributed by atoms with E-state index in [1.165, 1.54) is 12.1 Å². The van der Waals surface area contributed by atoms with Crippen LogP contribution in [0.15, 0.2) is 24.3 Å². The molecule has 2 rings (SSSR count). The van der Waals surface area contributed by atoms with Crippen LogP contribution in [0.5, 0.6) is 0 Å². The number of hydrogen-bond donors (Lipinski definition) is 1. The van der Waals surface area contributed by atoms with Gasteiger partial charge in [-0.15, -0.1) is 0 Å². The molecule has 4 heteroatoms. The summed E-state index contributed by atoms with van der Waals surface area (Å²) in [5, 5.41) is 3.33. The summed E-state index contributed by atoms with van der Waals surface area (Å²) in [6.45, 7) is 5.49. The smallest absolute Gasteiger partial charge is 0.231 e. The van der Waals surface area contributed by atoms with Crippen LogP contribution in [0.3, 0.4) is 0 Å². The molecule has 19 heavy (non-hydrogen) atoms. The number of nitrogens with zero attached hydrogens (tertiary/aromatic N) is 1. The van der Waals surface area contributed by atoms with Crippen molar-refractivity contribution in [3.05, 3.63) is 30.1 Å². The summed E-state index contributed by atoms with van der Waals surface area (Å²) in [5.41, 5.74) is 0.644. The number of carbonyl (C=O) groups excluding carboxylic acids is 1. The summed E-state index contributed by atoms with van der Waals surface area (Å²) < 4.78 is 13.3. The Labute approximate surface area is 113 Å². The Morgan fingerprint density at radius 3 is 2.95 bits per heavy atom. The first-order valence-electron chi connectivity index (χ1n) is 6.93. The van der Waals surface area contributed by atoms with Gasteiger partial charge in [0.25, 0.3) is 0 Å². The van der Waals surface area contributed by atoms with Crippen molar-refractivity contribution in [3.63, 3.8) is 0 Å². The second kappa shape index (κ2) is 6.15. The van der Waals surface area contributed by atoms with Crippen LogP contribution < -0.4 is 10.2 Å². The van der Waals surface area contributed by atoms with Crippen molar-refractivity contribution in [2.45, 2.75) is 32.7 Å². The number of nitrogens with one attached hydrogen (secondary N) is 1. The number of carbonyl (C=O) groups is 1. The molecule has 2 unspecified atom stereocenters. The minimum absolute atomic E-state index is 0.0167. The molecule has 0 aliphatic carbocycles. The average Bonchev–Trinajstić information content (AvgIpc) is 2.40. The Kier molecular flexibility index (Phi) is 4.53. The molecule has 2 atom stereocenters. The van der Waals surface area contributed by atoms with Gasteiger partial charge in [0.2, 0.25) is 5.91 Å². The fourth-order valence-electron chi connectivity index (χ4n) is 2.69. The van der Waals surface area contributed by atoms with E-state index in [1.54, 1.807) is 17.0 Å². The van der Waals surface area contributed by atoms with Gasteiger partial charge >= 0.3 is 0 Å². The first-order valence-corrected chi connectivity index (χ1v) is 6.93. The van der Waals surface area contributed by atoms with Gasteiger partial charge in [0, 0.05) is 18.3 Å². The van der Waals surface area contributed by atoms with Gasteiger partial charge in [0.15, 0.2) is 0 Å². The molecule has 1 saturated heterocycles. The number of halogens is 1. The van der Waals surface area contributed by atoms with Gasteiger partial charge in [-0.1, -0.05) is 6.07 Å². The maximum absolute atomic E-state index is 13.3. The zero-order chi connectivity index (χ0) is 13.8. The van der Waals surface area contributed by atoms with Crippen molar-refractivity contribution >= 4 is 11.6 Å². The highest BCUT2D eigenvalue weighted by molar-refractivity contribution is 5.95. The van der Waals surface area contributed by atoms with Crippen molar-refractivity contribution in [2.24, 2.45) is 5.92 Å². The monoisotopic (exact) mass is 264 g/mol. The molecule has 1 N–H and O–H groups in total. The molecule has 0 bridgehead atoms. The number of amides is 1. The number of hydrogen-bond acceptors (Lipinski definition) is 2. The van der Waals surface area contributed by atoms with Gasteiger partial charge in [-0.3, -0.25) is 4.79 Å². The molecule has 1 aromatic carbocycles. The first kappa shape index (κ1) is 14.0. The normalized spacial score (nSPS) is 23.1. The molecule has 0 aromatic heterocycles. The van der Waals surface area contributed by atoms with E-state index in [0.29, 0.717) is 12.2 Å². The third-order valence-electron chi connectivity index (χ3n) is 3.78. The maximum atomic E-state index is 13.3. The highest BCUT2D eigenvalue weighted by Crippen LogP contribution is 2.23. The topological polar surface area (TPSA) is 32.3 Å². The lowest BCUT2D eigenvalue weighted by Crippen LogP contribution is -2.48. The van der Waals surface area contributed by atoms with Crippen LogP contribution in [0.2, 0.25) is 0 Å². The predicted octanol–water partition coefficient (Wildman–Crippen LogP) is 2.57. The average molecular weight is 264 g/mol. The van der Waals surface area contributed by atoms with Gasteiger partial charge in [-0.05, 0) is 51.4 Å². The number of rotatable bonds is 3. The van der Waals surface area contributed by atoms with Gasteiger partial charge in [-0.2, -0.15) is 0 Å². The Hall–Kier alpha value is -1.42. The lowest BCUT2D eigenvalue weighted by molar-refractivity contribution is -0.123. The van der Waals surface area contributed by atoms with E-state index < -0.39 is 0 Å². The lowest BCUT2D eigenvalue weighted by Gasteiger charge is -2.33. The molecule has 1 amide bonds. The number of anilines is 1. The van der Waals surface area contributed by atoms with Crippen LogP contribution in [0.25, 0.3) is 0 Å². The van der Waals surface area contributed by atoms with E-state index in [1.807, 2.05) is 13.8 Å². The number of piperidine rings is 1. The van der Waals surface area contributed by atoms with E-state index in [4.69, 9.17) is 0 Å². The minimum atomic E-state index is -0.307. The van der Waals surface area contributed by atoms with Crippen LogP contribution in [-0.2, 0) is 4.79 Å². The van der Waals surface area contributed by atoms with E-state index in [0.717, 1.165) is 19.4 Å². The summed E-state index contributed by atoms with van der Waals surface area (Å²) in [4.78, 5) is 14.3. The van der Waals surface area contributed by atoms with Gasteiger partial charge in [-0.25, -0.2) is 4.39 Å². The minimum Gasteiger partial charge on any atom is -0.313 e. The van der Waals surface area contributed by atoms with Crippen molar-refractivity contribution in [2.75, 3.05) is 18.0 Å². The van der Waals surface area contributed by atoms with E-state index in [9.17, 15) is 9.18 Å². The van der Waals surface area contributed by atoms with E-state index >= 15 is 0 Å². The molecule has 1 aromatic rings. The van der Waals surface area contributed by atoms with Crippen LogP contribution in [-0.4, -0.2) is 25.0 Å². The van der Waals surface area contributed by atoms with Crippen molar-refractivity contribution in [1.29, 1.82) is 0 Å². The van der Waals surface area contributed by atoms with Crippen molar-refractivity contribution in [3.8, 4) is 0 Å². The Balaban J connectivity index is 2.19. The molecule has 0 spiro atoms. The third kappa shape index (κ3) is 3.13. The molecule has 1 aliphatic rings. The lowest BCUT2D eigenvalue weighted by atomic mass is 9.90. The van der Waals surface area contributed by atoms with Crippen molar-refractivity contribution < 1.29 is 9.18 Å². The van der Waals surface area contributed by atoms with Crippen LogP contribution in [0.4, 0.5) is 10.1 Å². The Morgan fingerprint density at radius 2 is 2.32 bits per heavy atom. The zero-order valence-corrected chi connectivity index (χ0v) is 11.5. The number of benzene rings is 1. The summed E-state index contributed by atoms with van der Waals surface area (Å²) >= 11 is 0. The highest BCUT2D eigenvalue weighted by Gasteiger charge is 2.31. The van der Waals surface area contributed by atoms with Crippen LogP contribution in [0.1, 0.15) is 26.7 Å². The Morgan fingerprint density at radius 1 is 1.53 bits per heavy atom. The molecule has 1 aliphatic heterocycles. The molecular formula is C15H21FN2O. The van der Waals surface area contributed by atoms with E-state index in [-0.39, 0.29) is 23.7 Å². The zero-order valence-electron chi connectivity index (χ0n) is 11.5. The highest BCUT2D eigenvalue weighted by atomic mass is 19.1. The molecule has 0 saturated carbocycles. The third-order valence-corrected chi connectivity index (χ3v) is 3.78. The van der Waals surface area contributed by atoms with Gasteiger partial charge < -0.3 is 10.2 Å². The van der Waals surface area contributed by atoms with Crippen LogP contribution in [0, 0.1) is 11.7 Å². The van der Waals surface area contributed by atoms with Gasteiger partial charge in [0.1, 0.15) is 5.82 Å². The summed E-state index contributed by atoms with van der Waals surface area (Å²) in [5.74, 6) is -0.233. The van der Waals surface area contributed by atoms with Gasteiger partial charge in [0.05, 0.1) is 5.92 Å². The summed E-state index contributed by atoms with van der Waals surface area (Å²) in [6.07, 6.45) is 1.92. The summed E-state index contributed by atoms with van der Waals surface area (Å²) in [7, 11) is 0. The molecule has 0 radical (unpaired) electrons. The fourth-order valence-corrected chi connectivity index (χ4v) is 2.69. The quantitative estimate of drug-likeness (QED) is 0.910. The summed E-state index contributed by atoms with van der Waals surface area (Å²) in [6, 6.07) is 6.42. The van der Waals surface area contributed by atoms with E-state index in [2.05, 4.69) is 5.32 Å². The standard InChI is InChI=1S/C15H21FN2O/c1-3-18(13-7-4-6-12(16)10-13)15(19)14-8-5-9-17-11(14)2/h4,6-7,10-11,14,17H,3,5,8-9H2,1-2H3. The molecule has 3 nitrogen and oxygen atoms in total. The predicted molar refractivity (Wildman–Crippen MR) is 74.6 cm³/mol. The van der Waals surface area contributed by atoms with Crippen molar-refractivity contribution in [1.82, 2.24) is 5.32 Å². The first-order chi connectivity index (χ1) is 9.13. The fraction of sp³-hybridized carbons (Fsp3) is 0.533. The molecule has 1 heterocycles. The SMILES string of the molecule is CCN(C(=O)C1CCCNC1C)c1cccc(F)c1. The maximum Gasteiger partial charge on any atom is 0.231 e. The Bertz CT molecular complexity index is 450. The molecular weight excluding hydrogens is 243 g/mol. The largest absolute Gasteiger partial charge is 0.313 e. The van der Waals surface area contributed by atoms with Crippen LogP contribution >= 0.6 is 0 Å². The molecule has 104 valence electrons. The second-order valence-electron chi connectivity index (χ2n) is 5.05. The second-order valence-corrected chi connectivity index (χ2v) is 5.05.